The van der Waals surface area contributed by atoms with Crippen LogP contribution in [0.25, 0.3) is 0 Å². The molecular formula is C13H21ClN2S. The normalized spacial score (nSPS) is 18.7. The molecule has 1 aromatic rings. The third-order valence-electron chi connectivity index (χ3n) is 3.39. The van der Waals surface area contributed by atoms with E-state index in [1.165, 1.54) is 37.4 Å². The zero-order valence-corrected chi connectivity index (χ0v) is 12.0. The molecule has 0 unspecified atom stereocenters. The maximum absolute atomic E-state index is 5.94. The average Bonchev–Trinajstić information content (AvgIpc) is 2.74. The third kappa shape index (κ3) is 4.25. The maximum Gasteiger partial charge on any atom is 0.0516 e. The van der Waals surface area contributed by atoms with E-state index in [2.05, 4.69) is 23.2 Å². The van der Waals surface area contributed by atoms with Gasteiger partial charge in [0.2, 0.25) is 0 Å². The van der Waals surface area contributed by atoms with Crippen molar-refractivity contribution in [2.75, 3.05) is 26.2 Å². The quantitative estimate of drug-likeness (QED) is 0.885. The minimum atomic E-state index is 0.873. The Hall–Kier alpha value is -0.0900. The lowest BCUT2D eigenvalue weighted by molar-refractivity contribution is 0.177. The smallest absolute Gasteiger partial charge is 0.0516 e. The van der Waals surface area contributed by atoms with E-state index >= 15 is 0 Å². The summed E-state index contributed by atoms with van der Waals surface area (Å²) < 4.78 is 0. The minimum Gasteiger partial charge on any atom is -0.317 e. The predicted molar refractivity (Wildman–Crippen MR) is 75.9 cm³/mol. The van der Waals surface area contributed by atoms with Crippen LogP contribution >= 0.6 is 22.9 Å². The fourth-order valence-corrected chi connectivity index (χ4v) is 3.47. The van der Waals surface area contributed by atoms with Crippen LogP contribution in [0.3, 0.4) is 0 Å². The van der Waals surface area contributed by atoms with Crippen LogP contribution in [0, 0.1) is 5.92 Å². The Morgan fingerprint density at radius 3 is 2.82 bits per heavy atom. The van der Waals surface area contributed by atoms with E-state index in [9.17, 15) is 0 Å². The molecule has 1 aliphatic heterocycles. The molecule has 0 aromatic carbocycles. The molecule has 1 aromatic heterocycles. The first-order valence-corrected chi connectivity index (χ1v) is 7.69. The van der Waals surface area contributed by atoms with Gasteiger partial charge in [0.25, 0.3) is 0 Å². The molecule has 0 saturated carbocycles. The molecule has 96 valence electrons. The van der Waals surface area contributed by atoms with Crippen molar-refractivity contribution in [1.29, 1.82) is 0 Å². The predicted octanol–water partition coefficient (Wildman–Crippen LogP) is 3.22. The number of halogens is 1. The molecule has 17 heavy (non-hydrogen) atoms. The minimum absolute atomic E-state index is 0.873. The van der Waals surface area contributed by atoms with Crippen molar-refractivity contribution in [3.63, 3.8) is 0 Å². The molecule has 0 bridgehead atoms. The Kier molecular flexibility index (Phi) is 5.29. The van der Waals surface area contributed by atoms with Crippen LogP contribution in [0.5, 0.6) is 0 Å². The summed E-state index contributed by atoms with van der Waals surface area (Å²) in [6, 6.07) is 2.09. The molecule has 2 heterocycles. The summed E-state index contributed by atoms with van der Waals surface area (Å²) in [7, 11) is 0. The van der Waals surface area contributed by atoms with Gasteiger partial charge in [-0.3, -0.25) is 4.90 Å². The fraction of sp³-hybridized carbons (Fsp3) is 0.692. The monoisotopic (exact) mass is 272 g/mol. The van der Waals surface area contributed by atoms with Crippen LogP contribution in [0.1, 0.15) is 24.6 Å². The number of rotatable bonds is 5. The molecule has 0 spiro atoms. The molecule has 4 heteroatoms. The highest BCUT2D eigenvalue weighted by molar-refractivity contribution is 7.10. The first-order chi connectivity index (χ1) is 8.28. The van der Waals surface area contributed by atoms with Gasteiger partial charge in [-0.2, -0.15) is 0 Å². The Balaban J connectivity index is 1.72. The van der Waals surface area contributed by atoms with E-state index in [4.69, 9.17) is 11.6 Å². The van der Waals surface area contributed by atoms with Crippen molar-refractivity contribution in [2.45, 2.75) is 26.3 Å². The largest absolute Gasteiger partial charge is 0.317 e. The van der Waals surface area contributed by atoms with Gasteiger partial charge < -0.3 is 5.32 Å². The second kappa shape index (κ2) is 6.74. The molecule has 1 fully saturated rings. The molecule has 2 rings (SSSR count). The van der Waals surface area contributed by atoms with Crippen molar-refractivity contribution in [3.05, 3.63) is 21.3 Å². The van der Waals surface area contributed by atoms with E-state index in [0.29, 0.717) is 0 Å². The molecule has 0 radical (unpaired) electrons. The highest BCUT2D eigenvalue weighted by Crippen LogP contribution is 2.23. The number of likely N-dealkylation sites (tertiary alicyclic amines) is 1. The summed E-state index contributed by atoms with van der Waals surface area (Å²) in [5.74, 6) is 0.873. The summed E-state index contributed by atoms with van der Waals surface area (Å²) in [4.78, 5) is 3.94. The maximum atomic E-state index is 5.94. The van der Waals surface area contributed by atoms with Crippen molar-refractivity contribution in [1.82, 2.24) is 10.2 Å². The number of nitrogens with zero attached hydrogens (tertiary/aromatic N) is 1. The Labute approximate surface area is 113 Å². The lowest BCUT2D eigenvalue weighted by Crippen LogP contribution is -2.36. The standard InChI is InChI=1S/C13H21ClN2S/c1-2-15-8-11-3-5-16(6-4-11)9-13-7-12(14)10-17-13/h7,10-11,15H,2-6,8-9H2,1H3. The van der Waals surface area contributed by atoms with E-state index in [0.717, 1.165) is 24.0 Å². The highest BCUT2D eigenvalue weighted by Gasteiger charge is 2.18. The molecule has 2 nitrogen and oxygen atoms in total. The Morgan fingerprint density at radius 2 is 2.24 bits per heavy atom. The van der Waals surface area contributed by atoms with Crippen molar-refractivity contribution >= 4 is 22.9 Å². The summed E-state index contributed by atoms with van der Waals surface area (Å²) in [5, 5.41) is 6.36. The van der Waals surface area contributed by atoms with Gasteiger partial charge in [0.15, 0.2) is 0 Å². The molecule has 1 saturated heterocycles. The summed E-state index contributed by atoms with van der Waals surface area (Å²) in [6.07, 6.45) is 2.65. The van der Waals surface area contributed by atoms with Crippen molar-refractivity contribution in [2.24, 2.45) is 5.92 Å². The van der Waals surface area contributed by atoms with Gasteiger partial charge in [-0.15, -0.1) is 11.3 Å². The highest BCUT2D eigenvalue weighted by atomic mass is 35.5. The fourth-order valence-electron chi connectivity index (χ4n) is 2.35. The van der Waals surface area contributed by atoms with Crippen LogP contribution in [0.15, 0.2) is 11.4 Å². The number of hydrogen-bond donors (Lipinski definition) is 1. The number of piperidine rings is 1. The lowest BCUT2D eigenvalue weighted by Gasteiger charge is -2.31. The van der Waals surface area contributed by atoms with Crippen LogP contribution < -0.4 is 5.32 Å². The SMILES string of the molecule is CCNCC1CCN(Cc2cc(Cl)cs2)CC1. The summed E-state index contributed by atoms with van der Waals surface area (Å²) in [6.45, 7) is 7.99. The first kappa shape index (κ1) is 13.3. The first-order valence-electron chi connectivity index (χ1n) is 6.44. The summed E-state index contributed by atoms with van der Waals surface area (Å²) >= 11 is 7.71. The Morgan fingerprint density at radius 1 is 1.47 bits per heavy atom. The van der Waals surface area contributed by atoms with Crippen LogP contribution in [0.4, 0.5) is 0 Å². The topological polar surface area (TPSA) is 15.3 Å². The van der Waals surface area contributed by atoms with Crippen molar-refractivity contribution in [3.8, 4) is 0 Å². The molecule has 0 amide bonds. The van der Waals surface area contributed by atoms with E-state index in [-0.39, 0.29) is 0 Å². The van der Waals surface area contributed by atoms with Gasteiger partial charge in [0.1, 0.15) is 0 Å². The van der Waals surface area contributed by atoms with Gasteiger partial charge in [-0.25, -0.2) is 0 Å². The average molecular weight is 273 g/mol. The number of nitrogens with one attached hydrogen (secondary N) is 1. The lowest BCUT2D eigenvalue weighted by atomic mass is 9.97. The second-order valence-corrected chi connectivity index (χ2v) is 6.19. The molecule has 0 atom stereocenters. The Bertz CT molecular complexity index is 332. The van der Waals surface area contributed by atoms with E-state index in [1.54, 1.807) is 11.3 Å². The van der Waals surface area contributed by atoms with Gasteiger partial charge >= 0.3 is 0 Å². The van der Waals surface area contributed by atoms with Crippen molar-refractivity contribution < 1.29 is 0 Å². The zero-order valence-electron chi connectivity index (χ0n) is 10.4. The van der Waals surface area contributed by atoms with Crippen LogP contribution in [-0.2, 0) is 6.54 Å². The van der Waals surface area contributed by atoms with Gasteiger partial charge in [0.05, 0.1) is 5.02 Å². The van der Waals surface area contributed by atoms with Gasteiger partial charge in [-0.05, 0) is 51.0 Å². The summed E-state index contributed by atoms with van der Waals surface area (Å²) in [5.41, 5.74) is 0. The molecule has 0 aliphatic carbocycles. The van der Waals surface area contributed by atoms with Gasteiger partial charge in [0, 0.05) is 16.8 Å². The van der Waals surface area contributed by atoms with E-state index < -0.39 is 0 Å². The number of hydrogen-bond acceptors (Lipinski definition) is 3. The number of thiophene rings is 1. The molecule has 1 aliphatic rings. The van der Waals surface area contributed by atoms with Crippen LogP contribution in [-0.4, -0.2) is 31.1 Å². The van der Waals surface area contributed by atoms with Crippen LogP contribution in [0.2, 0.25) is 5.02 Å². The third-order valence-corrected chi connectivity index (χ3v) is 4.66. The molecule has 1 N–H and O–H groups in total. The van der Waals surface area contributed by atoms with Gasteiger partial charge in [-0.1, -0.05) is 18.5 Å². The molecular weight excluding hydrogens is 252 g/mol. The zero-order chi connectivity index (χ0) is 12.1. The van der Waals surface area contributed by atoms with E-state index in [1.807, 2.05) is 5.38 Å². The second-order valence-electron chi connectivity index (χ2n) is 4.76.